The summed E-state index contributed by atoms with van der Waals surface area (Å²) in [7, 11) is 1.81. The SMILES string of the molecule is CNc1ccc(OCC(F)F)cc1C. The quantitative estimate of drug-likeness (QED) is 0.808. The zero-order valence-corrected chi connectivity index (χ0v) is 8.18. The van der Waals surface area contributed by atoms with E-state index in [-0.39, 0.29) is 0 Å². The Balaban J connectivity index is 2.66. The van der Waals surface area contributed by atoms with Crippen molar-refractivity contribution in [3.8, 4) is 5.75 Å². The van der Waals surface area contributed by atoms with Crippen molar-refractivity contribution in [2.45, 2.75) is 13.3 Å². The Morgan fingerprint density at radius 3 is 2.64 bits per heavy atom. The van der Waals surface area contributed by atoms with Crippen molar-refractivity contribution in [3.63, 3.8) is 0 Å². The van der Waals surface area contributed by atoms with E-state index in [1.54, 1.807) is 18.2 Å². The van der Waals surface area contributed by atoms with Crippen molar-refractivity contribution < 1.29 is 13.5 Å². The van der Waals surface area contributed by atoms with Crippen LogP contribution in [0.2, 0.25) is 0 Å². The van der Waals surface area contributed by atoms with Crippen molar-refractivity contribution in [3.05, 3.63) is 23.8 Å². The molecule has 0 aliphatic rings. The van der Waals surface area contributed by atoms with Crippen LogP contribution < -0.4 is 10.1 Å². The molecule has 0 saturated carbocycles. The van der Waals surface area contributed by atoms with Crippen molar-refractivity contribution in [2.75, 3.05) is 19.0 Å². The number of rotatable bonds is 4. The maximum absolute atomic E-state index is 11.8. The Kier molecular flexibility index (Phi) is 3.68. The number of benzene rings is 1. The average molecular weight is 201 g/mol. The molecule has 0 aliphatic heterocycles. The van der Waals surface area contributed by atoms with E-state index in [1.807, 2.05) is 14.0 Å². The fourth-order valence-electron chi connectivity index (χ4n) is 1.17. The number of alkyl halides is 2. The molecule has 78 valence electrons. The zero-order chi connectivity index (χ0) is 10.6. The number of anilines is 1. The van der Waals surface area contributed by atoms with Crippen LogP contribution in [0.1, 0.15) is 5.56 Å². The van der Waals surface area contributed by atoms with E-state index in [2.05, 4.69) is 5.32 Å². The second kappa shape index (κ2) is 4.79. The predicted octanol–water partition coefficient (Wildman–Crippen LogP) is 2.68. The molecular formula is C10H13F2NO. The lowest BCUT2D eigenvalue weighted by Crippen LogP contribution is -2.07. The highest BCUT2D eigenvalue weighted by atomic mass is 19.3. The van der Waals surface area contributed by atoms with Gasteiger partial charge in [-0.25, -0.2) is 8.78 Å². The topological polar surface area (TPSA) is 21.3 Å². The maximum atomic E-state index is 11.8. The molecule has 1 N–H and O–H groups in total. The first-order chi connectivity index (χ1) is 6.63. The molecule has 0 fully saturated rings. The molecule has 1 aromatic carbocycles. The molecule has 0 heterocycles. The normalized spacial score (nSPS) is 10.4. The molecule has 0 unspecified atom stereocenters. The lowest BCUT2D eigenvalue weighted by atomic mass is 10.2. The van der Waals surface area contributed by atoms with Crippen molar-refractivity contribution in [2.24, 2.45) is 0 Å². The Morgan fingerprint density at radius 1 is 1.43 bits per heavy atom. The van der Waals surface area contributed by atoms with E-state index in [0.29, 0.717) is 5.75 Å². The van der Waals surface area contributed by atoms with Gasteiger partial charge < -0.3 is 10.1 Å². The van der Waals surface area contributed by atoms with Gasteiger partial charge in [0, 0.05) is 12.7 Å². The minimum atomic E-state index is -2.43. The number of hydrogen-bond donors (Lipinski definition) is 1. The molecule has 0 aromatic heterocycles. The summed E-state index contributed by atoms with van der Waals surface area (Å²) in [4.78, 5) is 0. The molecule has 1 aromatic rings. The fraction of sp³-hybridized carbons (Fsp3) is 0.400. The monoisotopic (exact) mass is 201 g/mol. The van der Waals surface area contributed by atoms with Gasteiger partial charge in [0.2, 0.25) is 0 Å². The highest BCUT2D eigenvalue weighted by molar-refractivity contribution is 5.53. The standard InChI is InChI=1S/C10H13F2NO/c1-7-5-8(14-6-10(11)12)3-4-9(7)13-2/h3-5,10,13H,6H2,1-2H3. The second-order valence-corrected chi connectivity index (χ2v) is 2.93. The van der Waals surface area contributed by atoms with Crippen LogP contribution in [0.15, 0.2) is 18.2 Å². The molecule has 14 heavy (non-hydrogen) atoms. The van der Waals surface area contributed by atoms with Gasteiger partial charge in [-0.2, -0.15) is 0 Å². The van der Waals surface area contributed by atoms with E-state index >= 15 is 0 Å². The zero-order valence-electron chi connectivity index (χ0n) is 8.18. The number of halogens is 2. The summed E-state index contributed by atoms with van der Waals surface area (Å²) < 4.78 is 28.5. The smallest absolute Gasteiger partial charge is 0.272 e. The predicted molar refractivity (Wildman–Crippen MR) is 52.2 cm³/mol. The molecule has 0 radical (unpaired) electrons. The molecule has 2 nitrogen and oxygen atoms in total. The number of aryl methyl sites for hydroxylation is 1. The van der Waals surface area contributed by atoms with Crippen LogP contribution in [0.3, 0.4) is 0 Å². The number of ether oxygens (including phenoxy) is 1. The molecule has 0 aliphatic carbocycles. The third kappa shape index (κ3) is 2.87. The van der Waals surface area contributed by atoms with E-state index in [9.17, 15) is 8.78 Å². The third-order valence-corrected chi connectivity index (χ3v) is 1.84. The molecule has 0 amide bonds. The van der Waals surface area contributed by atoms with Crippen LogP contribution in [0.5, 0.6) is 5.75 Å². The van der Waals surface area contributed by atoms with E-state index in [0.717, 1.165) is 11.3 Å². The molecule has 0 atom stereocenters. The van der Waals surface area contributed by atoms with Crippen molar-refractivity contribution in [1.82, 2.24) is 0 Å². The van der Waals surface area contributed by atoms with Crippen LogP contribution in [-0.2, 0) is 0 Å². The Hall–Kier alpha value is -1.32. The van der Waals surface area contributed by atoms with Crippen molar-refractivity contribution in [1.29, 1.82) is 0 Å². The lowest BCUT2D eigenvalue weighted by Gasteiger charge is -2.09. The summed E-state index contributed by atoms with van der Waals surface area (Å²) in [6.07, 6.45) is -2.43. The largest absolute Gasteiger partial charge is 0.488 e. The van der Waals surface area contributed by atoms with Crippen LogP contribution in [-0.4, -0.2) is 20.1 Å². The maximum Gasteiger partial charge on any atom is 0.272 e. The number of hydrogen-bond acceptors (Lipinski definition) is 2. The summed E-state index contributed by atoms with van der Waals surface area (Å²) in [5, 5.41) is 2.98. The molecular weight excluding hydrogens is 188 g/mol. The minimum Gasteiger partial charge on any atom is -0.488 e. The van der Waals surface area contributed by atoms with Gasteiger partial charge in [0.15, 0.2) is 0 Å². The summed E-state index contributed by atoms with van der Waals surface area (Å²) in [6, 6.07) is 5.20. The molecule has 0 spiro atoms. The second-order valence-electron chi connectivity index (χ2n) is 2.93. The van der Waals surface area contributed by atoms with Gasteiger partial charge in [-0.3, -0.25) is 0 Å². The van der Waals surface area contributed by atoms with Crippen molar-refractivity contribution >= 4 is 5.69 Å². The molecule has 4 heteroatoms. The van der Waals surface area contributed by atoms with Gasteiger partial charge in [0.1, 0.15) is 12.4 Å². The first-order valence-electron chi connectivity index (χ1n) is 4.33. The molecule has 0 saturated heterocycles. The van der Waals surface area contributed by atoms with E-state index in [4.69, 9.17) is 4.74 Å². The van der Waals surface area contributed by atoms with Crippen LogP contribution >= 0.6 is 0 Å². The van der Waals surface area contributed by atoms with Gasteiger partial charge >= 0.3 is 0 Å². The van der Waals surface area contributed by atoms with E-state index in [1.165, 1.54) is 0 Å². The van der Waals surface area contributed by atoms with Crippen LogP contribution in [0.4, 0.5) is 14.5 Å². The van der Waals surface area contributed by atoms with Crippen LogP contribution in [0.25, 0.3) is 0 Å². The Bertz CT molecular complexity index is 302. The van der Waals surface area contributed by atoms with Gasteiger partial charge in [-0.05, 0) is 30.7 Å². The first-order valence-corrected chi connectivity index (χ1v) is 4.33. The summed E-state index contributed by atoms with van der Waals surface area (Å²) in [6.45, 7) is 1.33. The van der Waals surface area contributed by atoms with Gasteiger partial charge in [-0.1, -0.05) is 0 Å². The fourth-order valence-corrected chi connectivity index (χ4v) is 1.17. The lowest BCUT2D eigenvalue weighted by molar-refractivity contribution is 0.0819. The molecule has 0 bridgehead atoms. The summed E-state index contributed by atoms with van der Waals surface area (Å²) in [5.41, 5.74) is 1.94. The minimum absolute atomic E-state index is 0.474. The Morgan fingerprint density at radius 2 is 2.14 bits per heavy atom. The molecule has 1 rings (SSSR count). The summed E-state index contributed by atoms with van der Waals surface area (Å²) >= 11 is 0. The summed E-state index contributed by atoms with van der Waals surface area (Å²) in [5.74, 6) is 0.474. The van der Waals surface area contributed by atoms with Gasteiger partial charge in [0.05, 0.1) is 0 Å². The van der Waals surface area contributed by atoms with Gasteiger partial charge in [-0.15, -0.1) is 0 Å². The highest BCUT2D eigenvalue weighted by Gasteiger charge is 2.04. The average Bonchev–Trinajstić information content (AvgIpc) is 2.15. The van der Waals surface area contributed by atoms with Gasteiger partial charge in [0.25, 0.3) is 6.43 Å². The Labute approximate surface area is 81.9 Å². The number of nitrogens with one attached hydrogen (secondary N) is 1. The highest BCUT2D eigenvalue weighted by Crippen LogP contribution is 2.20. The van der Waals surface area contributed by atoms with E-state index < -0.39 is 13.0 Å². The van der Waals surface area contributed by atoms with Crippen LogP contribution in [0, 0.1) is 6.92 Å². The third-order valence-electron chi connectivity index (χ3n) is 1.84. The first kappa shape index (κ1) is 10.8.